The average Bonchev–Trinajstić information content (AvgIpc) is 2.91. The minimum Gasteiger partial charge on any atom is -0.443 e. The van der Waals surface area contributed by atoms with Crippen LogP contribution in [0.3, 0.4) is 0 Å². The SMILES string of the molecule is CC(C)(C)OC(=O)N(C(=O)c1nncs1)c1ccccc1. The number of ether oxygens (including phenoxy) is 1. The normalized spacial score (nSPS) is 11.0. The maximum absolute atomic E-state index is 12.5. The molecular weight excluding hydrogens is 290 g/mol. The van der Waals surface area contributed by atoms with Gasteiger partial charge in [0.25, 0.3) is 5.91 Å². The molecule has 1 heterocycles. The number of amides is 2. The molecule has 0 unspecified atom stereocenters. The highest BCUT2D eigenvalue weighted by atomic mass is 32.1. The van der Waals surface area contributed by atoms with Crippen LogP contribution in [0, 0.1) is 0 Å². The van der Waals surface area contributed by atoms with E-state index in [2.05, 4.69) is 10.2 Å². The lowest BCUT2D eigenvalue weighted by molar-refractivity contribution is 0.0564. The number of hydrogen-bond donors (Lipinski definition) is 0. The van der Waals surface area contributed by atoms with Crippen LogP contribution in [0.15, 0.2) is 35.8 Å². The van der Waals surface area contributed by atoms with Gasteiger partial charge in [0.2, 0.25) is 5.01 Å². The first-order chi connectivity index (χ1) is 9.88. The van der Waals surface area contributed by atoms with Crippen LogP contribution in [0.1, 0.15) is 30.6 Å². The van der Waals surface area contributed by atoms with Crippen molar-refractivity contribution >= 4 is 29.0 Å². The number of carbonyl (C=O) groups excluding carboxylic acids is 2. The molecule has 2 aromatic rings. The fourth-order valence-electron chi connectivity index (χ4n) is 1.55. The van der Waals surface area contributed by atoms with Crippen LogP contribution >= 0.6 is 11.3 Å². The molecule has 0 N–H and O–H groups in total. The number of para-hydroxylation sites is 1. The van der Waals surface area contributed by atoms with E-state index in [9.17, 15) is 9.59 Å². The monoisotopic (exact) mass is 305 g/mol. The average molecular weight is 305 g/mol. The summed E-state index contributed by atoms with van der Waals surface area (Å²) < 4.78 is 5.30. The van der Waals surface area contributed by atoms with E-state index >= 15 is 0 Å². The van der Waals surface area contributed by atoms with Crippen molar-refractivity contribution < 1.29 is 14.3 Å². The highest BCUT2D eigenvalue weighted by molar-refractivity contribution is 7.11. The van der Waals surface area contributed by atoms with Gasteiger partial charge in [-0.15, -0.1) is 10.2 Å². The minimum atomic E-state index is -0.742. The Morgan fingerprint density at radius 1 is 1.19 bits per heavy atom. The fourth-order valence-corrected chi connectivity index (χ4v) is 2.03. The molecule has 0 saturated heterocycles. The third kappa shape index (κ3) is 3.85. The first kappa shape index (κ1) is 15.1. The van der Waals surface area contributed by atoms with E-state index in [1.54, 1.807) is 51.1 Å². The van der Waals surface area contributed by atoms with Crippen molar-refractivity contribution in [3.05, 3.63) is 40.8 Å². The van der Waals surface area contributed by atoms with Gasteiger partial charge in [0.05, 0.1) is 5.69 Å². The molecule has 0 aliphatic heterocycles. The first-order valence-electron chi connectivity index (χ1n) is 6.27. The predicted molar refractivity (Wildman–Crippen MR) is 79.4 cm³/mol. The van der Waals surface area contributed by atoms with Crippen molar-refractivity contribution in [2.45, 2.75) is 26.4 Å². The quantitative estimate of drug-likeness (QED) is 0.852. The van der Waals surface area contributed by atoms with Crippen molar-refractivity contribution in [3.8, 4) is 0 Å². The van der Waals surface area contributed by atoms with Crippen molar-refractivity contribution in [1.29, 1.82) is 0 Å². The summed E-state index contributed by atoms with van der Waals surface area (Å²) >= 11 is 1.07. The number of aromatic nitrogens is 2. The van der Waals surface area contributed by atoms with E-state index in [1.165, 1.54) is 5.51 Å². The Balaban J connectivity index is 2.36. The van der Waals surface area contributed by atoms with E-state index < -0.39 is 17.6 Å². The van der Waals surface area contributed by atoms with Gasteiger partial charge in [0.15, 0.2) is 0 Å². The van der Waals surface area contributed by atoms with Crippen molar-refractivity contribution in [3.63, 3.8) is 0 Å². The minimum absolute atomic E-state index is 0.129. The summed E-state index contributed by atoms with van der Waals surface area (Å²) in [5, 5.41) is 7.46. The van der Waals surface area contributed by atoms with Crippen LogP contribution in [0.5, 0.6) is 0 Å². The van der Waals surface area contributed by atoms with Gasteiger partial charge in [0, 0.05) is 0 Å². The lowest BCUT2D eigenvalue weighted by atomic mass is 10.2. The van der Waals surface area contributed by atoms with E-state index in [0.29, 0.717) is 5.69 Å². The molecule has 7 heteroatoms. The smallest absolute Gasteiger partial charge is 0.422 e. The number of rotatable bonds is 2. The van der Waals surface area contributed by atoms with E-state index in [0.717, 1.165) is 16.2 Å². The molecule has 2 rings (SSSR count). The highest BCUT2D eigenvalue weighted by Gasteiger charge is 2.31. The second-order valence-corrected chi connectivity index (χ2v) is 6.03. The fraction of sp³-hybridized carbons (Fsp3) is 0.286. The molecule has 0 spiro atoms. The van der Waals surface area contributed by atoms with Crippen molar-refractivity contribution in [2.24, 2.45) is 0 Å². The zero-order valence-corrected chi connectivity index (χ0v) is 12.8. The molecule has 2 amide bonds. The molecule has 0 fully saturated rings. The molecule has 0 atom stereocenters. The molecule has 110 valence electrons. The van der Waals surface area contributed by atoms with E-state index in [-0.39, 0.29) is 5.01 Å². The Kier molecular flexibility index (Phi) is 4.32. The molecule has 1 aromatic heterocycles. The second kappa shape index (κ2) is 6.01. The second-order valence-electron chi connectivity index (χ2n) is 5.20. The maximum Gasteiger partial charge on any atom is 0.422 e. The maximum atomic E-state index is 12.5. The van der Waals surface area contributed by atoms with Gasteiger partial charge in [0.1, 0.15) is 11.1 Å². The Hall–Kier alpha value is -2.28. The summed E-state index contributed by atoms with van der Waals surface area (Å²) in [5.74, 6) is -0.557. The third-order valence-electron chi connectivity index (χ3n) is 2.34. The zero-order chi connectivity index (χ0) is 15.5. The number of nitrogens with zero attached hydrogens (tertiary/aromatic N) is 3. The first-order valence-corrected chi connectivity index (χ1v) is 7.15. The van der Waals surface area contributed by atoms with Gasteiger partial charge in [-0.3, -0.25) is 4.79 Å². The number of hydrogen-bond acceptors (Lipinski definition) is 6. The van der Waals surface area contributed by atoms with Crippen LogP contribution < -0.4 is 4.90 Å². The summed E-state index contributed by atoms with van der Waals surface area (Å²) in [4.78, 5) is 25.8. The van der Waals surface area contributed by atoms with Crippen LogP contribution in [0.25, 0.3) is 0 Å². The highest BCUT2D eigenvalue weighted by Crippen LogP contribution is 2.21. The number of imide groups is 1. The number of benzene rings is 1. The van der Waals surface area contributed by atoms with Gasteiger partial charge in [-0.2, -0.15) is 0 Å². The van der Waals surface area contributed by atoms with Crippen LogP contribution in [0.2, 0.25) is 0 Å². The lowest BCUT2D eigenvalue weighted by Crippen LogP contribution is -2.41. The molecule has 0 saturated carbocycles. The Labute approximate surface area is 126 Å². The van der Waals surface area contributed by atoms with Gasteiger partial charge < -0.3 is 4.74 Å². The van der Waals surface area contributed by atoms with Crippen LogP contribution in [-0.2, 0) is 4.74 Å². The Bertz CT molecular complexity index is 621. The summed E-state index contributed by atoms with van der Waals surface area (Å²) in [7, 11) is 0. The predicted octanol–water partition coefficient (Wildman–Crippen LogP) is 3.12. The van der Waals surface area contributed by atoms with Crippen LogP contribution in [-0.4, -0.2) is 27.8 Å². The third-order valence-corrected chi connectivity index (χ3v) is 3.02. The standard InChI is InChI=1S/C14H15N3O3S/c1-14(2,3)20-13(19)17(10-7-5-4-6-8-10)12(18)11-16-15-9-21-11/h4-9H,1-3H3. The topological polar surface area (TPSA) is 72.4 Å². The molecule has 21 heavy (non-hydrogen) atoms. The van der Waals surface area contributed by atoms with Gasteiger partial charge in [-0.25, -0.2) is 9.69 Å². The molecule has 0 aliphatic rings. The summed E-state index contributed by atoms with van der Waals surface area (Å²) in [5.41, 5.74) is 1.16. The Morgan fingerprint density at radius 2 is 1.86 bits per heavy atom. The summed E-state index contributed by atoms with van der Waals surface area (Å²) in [6, 6.07) is 8.58. The lowest BCUT2D eigenvalue weighted by Gasteiger charge is -2.25. The summed E-state index contributed by atoms with van der Waals surface area (Å²) in [6.45, 7) is 5.22. The van der Waals surface area contributed by atoms with E-state index in [4.69, 9.17) is 4.74 Å². The van der Waals surface area contributed by atoms with Crippen molar-refractivity contribution in [1.82, 2.24) is 10.2 Å². The molecule has 0 radical (unpaired) electrons. The van der Waals surface area contributed by atoms with Gasteiger partial charge in [-0.05, 0) is 32.9 Å². The largest absolute Gasteiger partial charge is 0.443 e. The molecule has 1 aromatic carbocycles. The van der Waals surface area contributed by atoms with Gasteiger partial charge >= 0.3 is 6.09 Å². The van der Waals surface area contributed by atoms with Crippen LogP contribution in [0.4, 0.5) is 10.5 Å². The van der Waals surface area contributed by atoms with E-state index in [1.807, 2.05) is 0 Å². The molecule has 0 bridgehead atoms. The Morgan fingerprint density at radius 3 is 2.38 bits per heavy atom. The molecule has 6 nitrogen and oxygen atoms in total. The molecule has 0 aliphatic carbocycles. The summed E-state index contributed by atoms with van der Waals surface area (Å²) in [6.07, 6.45) is -0.742. The zero-order valence-electron chi connectivity index (χ0n) is 11.9. The van der Waals surface area contributed by atoms with Gasteiger partial charge in [-0.1, -0.05) is 29.5 Å². The molecular formula is C14H15N3O3S. The number of carbonyl (C=O) groups is 2. The number of anilines is 1. The van der Waals surface area contributed by atoms with Crippen molar-refractivity contribution in [2.75, 3.05) is 4.90 Å².